The van der Waals surface area contributed by atoms with Crippen molar-refractivity contribution in [2.45, 2.75) is 65.5 Å². The highest BCUT2D eigenvalue weighted by Gasteiger charge is 2.46. The quantitative estimate of drug-likeness (QED) is 0.233. The van der Waals surface area contributed by atoms with Gasteiger partial charge in [-0.3, -0.25) is 9.59 Å². The molecule has 0 spiro atoms. The molecule has 1 saturated heterocycles. The van der Waals surface area contributed by atoms with Crippen LogP contribution >= 0.6 is 0 Å². The van der Waals surface area contributed by atoms with Gasteiger partial charge < -0.3 is 19.5 Å². The minimum Gasteiger partial charge on any atom is -0.507 e. The lowest BCUT2D eigenvalue weighted by atomic mass is 9.84. The van der Waals surface area contributed by atoms with E-state index in [1.54, 1.807) is 13.2 Å². The number of rotatable bonds is 8. The molecule has 6 nitrogen and oxygen atoms in total. The van der Waals surface area contributed by atoms with E-state index >= 15 is 0 Å². The Balaban J connectivity index is 2.14. The number of aryl methyl sites for hydroxylation is 1. The molecule has 0 saturated carbocycles. The predicted octanol–water partition coefficient (Wildman–Crippen LogP) is 5.54. The fourth-order valence-corrected chi connectivity index (χ4v) is 4.31. The number of hydrogen-bond acceptors (Lipinski definition) is 5. The zero-order valence-electron chi connectivity index (χ0n) is 21.8. The highest BCUT2D eigenvalue weighted by atomic mass is 16.5. The van der Waals surface area contributed by atoms with Gasteiger partial charge in [0.05, 0.1) is 24.8 Å². The van der Waals surface area contributed by atoms with E-state index in [-0.39, 0.29) is 22.9 Å². The number of carbonyl (C=O) groups excluding carboxylic acids is 2. The number of amides is 1. The molecular formula is C29H37NO5. The van der Waals surface area contributed by atoms with Gasteiger partial charge in [-0.2, -0.15) is 0 Å². The van der Waals surface area contributed by atoms with Crippen LogP contribution in [0.5, 0.6) is 5.75 Å². The van der Waals surface area contributed by atoms with E-state index < -0.39 is 17.7 Å². The minimum absolute atomic E-state index is 0.0812. The Labute approximate surface area is 208 Å². The van der Waals surface area contributed by atoms with Crippen molar-refractivity contribution < 1.29 is 24.2 Å². The Kier molecular flexibility index (Phi) is 8.06. The topological polar surface area (TPSA) is 76.1 Å². The van der Waals surface area contributed by atoms with Crippen LogP contribution in [0.15, 0.2) is 48.0 Å². The van der Waals surface area contributed by atoms with Crippen LogP contribution in [0, 0.1) is 6.92 Å². The zero-order chi connectivity index (χ0) is 25.9. The SMILES string of the molecule is COc1cccc(C2/C(=C(\O)c3cc(C(C)(C)C)ccc3C)C(=O)C(=O)N2CCCOC(C)C)c1. The molecular weight excluding hydrogens is 442 g/mol. The number of aliphatic hydroxyl groups is 1. The first-order chi connectivity index (χ1) is 16.5. The number of aliphatic hydroxyl groups excluding tert-OH is 1. The molecule has 1 aliphatic heterocycles. The molecule has 1 heterocycles. The summed E-state index contributed by atoms with van der Waals surface area (Å²) in [6, 6.07) is 12.4. The van der Waals surface area contributed by atoms with Crippen molar-refractivity contribution in [1.29, 1.82) is 0 Å². The maximum Gasteiger partial charge on any atom is 0.295 e. The summed E-state index contributed by atoms with van der Waals surface area (Å²) in [5.41, 5.74) is 3.09. The molecule has 2 aromatic carbocycles. The average Bonchev–Trinajstić information content (AvgIpc) is 3.05. The molecule has 2 aromatic rings. The standard InChI is InChI=1S/C29H37NO5/c1-18(2)35-15-9-14-30-25(20-10-8-11-22(16-20)34-7)24(27(32)28(30)33)26(31)23-17-21(29(4,5)6)13-12-19(23)3/h8,10-13,16-18,25,31H,9,14-15H2,1-7H3/b26-24+. The van der Waals surface area contributed by atoms with Gasteiger partial charge in [0.2, 0.25) is 0 Å². The third-order valence-corrected chi connectivity index (χ3v) is 6.30. The lowest BCUT2D eigenvalue weighted by Gasteiger charge is -2.26. The van der Waals surface area contributed by atoms with Gasteiger partial charge >= 0.3 is 0 Å². The lowest BCUT2D eigenvalue weighted by molar-refractivity contribution is -0.140. The smallest absolute Gasteiger partial charge is 0.295 e. The third kappa shape index (κ3) is 5.76. The number of benzene rings is 2. The number of carbonyl (C=O) groups is 2. The van der Waals surface area contributed by atoms with Gasteiger partial charge in [0.25, 0.3) is 11.7 Å². The summed E-state index contributed by atoms with van der Waals surface area (Å²) in [7, 11) is 1.57. The summed E-state index contributed by atoms with van der Waals surface area (Å²) in [5, 5.41) is 11.5. The van der Waals surface area contributed by atoms with Crippen LogP contribution < -0.4 is 4.74 Å². The third-order valence-electron chi connectivity index (χ3n) is 6.30. The summed E-state index contributed by atoms with van der Waals surface area (Å²) in [6.07, 6.45) is 0.655. The van der Waals surface area contributed by atoms with E-state index in [1.165, 1.54) is 4.90 Å². The van der Waals surface area contributed by atoms with Gasteiger partial charge in [-0.05, 0) is 67.5 Å². The molecule has 1 fully saturated rings. The number of ether oxygens (including phenoxy) is 2. The number of hydrogen-bond donors (Lipinski definition) is 1. The van der Waals surface area contributed by atoms with E-state index in [9.17, 15) is 14.7 Å². The molecule has 35 heavy (non-hydrogen) atoms. The fraction of sp³-hybridized carbons (Fsp3) is 0.448. The second-order valence-electron chi connectivity index (χ2n) is 10.3. The second kappa shape index (κ2) is 10.6. The maximum absolute atomic E-state index is 13.3. The number of likely N-dealkylation sites (tertiary alicyclic amines) is 1. The first kappa shape index (κ1) is 26.5. The van der Waals surface area contributed by atoms with Crippen LogP contribution in [0.25, 0.3) is 5.76 Å². The fourth-order valence-electron chi connectivity index (χ4n) is 4.31. The van der Waals surface area contributed by atoms with Crippen LogP contribution in [-0.4, -0.2) is 48.1 Å². The van der Waals surface area contributed by atoms with Crippen LogP contribution in [0.1, 0.15) is 69.3 Å². The van der Waals surface area contributed by atoms with Crippen LogP contribution in [-0.2, 0) is 19.7 Å². The molecule has 3 rings (SSSR count). The zero-order valence-corrected chi connectivity index (χ0v) is 21.8. The first-order valence-electron chi connectivity index (χ1n) is 12.1. The summed E-state index contributed by atoms with van der Waals surface area (Å²) in [6.45, 7) is 12.9. The van der Waals surface area contributed by atoms with Gasteiger partial charge in [-0.1, -0.05) is 45.0 Å². The highest BCUT2D eigenvalue weighted by Crippen LogP contribution is 2.41. The summed E-state index contributed by atoms with van der Waals surface area (Å²) >= 11 is 0. The van der Waals surface area contributed by atoms with Crippen molar-refractivity contribution in [3.63, 3.8) is 0 Å². The summed E-state index contributed by atoms with van der Waals surface area (Å²) in [5.74, 6) is -0.836. The average molecular weight is 480 g/mol. The minimum atomic E-state index is -0.721. The number of ketones is 1. The molecule has 1 atom stereocenters. The maximum atomic E-state index is 13.3. The van der Waals surface area contributed by atoms with Crippen LogP contribution in [0.2, 0.25) is 0 Å². The monoisotopic (exact) mass is 479 g/mol. The highest BCUT2D eigenvalue weighted by molar-refractivity contribution is 6.46. The Morgan fingerprint density at radius 3 is 2.46 bits per heavy atom. The summed E-state index contributed by atoms with van der Waals surface area (Å²) < 4.78 is 11.0. The van der Waals surface area contributed by atoms with E-state index in [2.05, 4.69) is 20.8 Å². The predicted molar refractivity (Wildman–Crippen MR) is 138 cm³/mol. The molecule has 0 aliphatic carbocycles. The van der Waals surface area contributed by atoms with Gasteiger partial charge in [-0.25, -0.2) is 0 Å². The molecule has 0 radical (unpaired) electrons. The summed E-state index contributed by atoms with van der Waals surface area (Å²) in [4.78, 5) is 28.1. The van der Waals surface area contributed by atoms with Crippen molar-refractivity contribution in [2.75, 3.05) is 20.3 Å². The second-order valence-corrected chi connectivity index (χ2v) is 10.3. The van der Waals surface area contributed by atoms with Gasteiger partial charge in [-0.15, -0.1) is 0 Å². The Morgan fingerprint density at radius 2 is 1.83 bits per heavy atom. The molecule has 0 bridgehead atoms. The number of Topliss-reactive ketones (excluding diaryl/α,β-unsaturated/α-hetero) is 1. The molecule has 1 unspecified atom stereocenters. The van der Waals surface area contributed by atoms with E-state index in [0.717, 1.165) is 11.1 Å². The van der Waals surface area contributed by atoms with Crippen LogP contribution in [0.3, 0.4) is 0 Å². The lowest BCUT2D eigenvalue weighted by Crippen LogP contribution is -2.31. The van der Waals surface area contributed by atoms with E-state index in [4.69, 9.17) is 9.47 Å². The molecule has 0 aromatic heterocycles. The molecule has 188 valence electrons. The van der Waals surface area contributed by atoms with E-state index in [1.807, 2.05) is 57.2 Å². The van der Waals surface area contributed by atoms with Gasteiger partial charge in [0, 0.05) is 18.7 Å². The normalized spacial score (nSPS) is 17.9. The Bertz CT molecular complexity index is 1130. The van der Waals surface area contributed by atoms with Crippen molar-refractivity contribution >= 4 is 17.4 Å². The van der Waals surface area contributed by atoms with Crippen LogP contribution in [0.4, 0.5) is 0 Å². The molecule has 1 N–H and O–H groups in total. The number of nitrogens with zero attached hydrogens (tertiary/aromatic N) is 1. The molecule has 6 heteroatoms. The number of methoxy groups -OCH3 is 1. The van der Waals surface area contributed by atoms with Crippen molar-refractivity contribution in [1.82, 2.24) is 4.90 Å². The molecule has 1 aliphatic rings. The van der Waals surface area contributed by atoms with E-state index in [0.29, 0.717) is 36.4 Å². The Hall–Kier alpha value is -3.12. The molecule has 1 amide bonds. The Morgan fingerprint density at radius 1 is 1.11 bits per heavy atom. The first-order valence-corrected chi connectivity index (χ1v) is 12.1. The van der Waals surface area contributed by atoms with Gasteiger partial charge in [0.1, 0.15) is 11.5 Å². The van der Waals surface area contributed by atoms with Crippen molar-refractivity contribution in [3.8, 4) is 5.75 Å². The van der Waals surface area contributed by atoms with Crippen molar-refractivity contribution in [3.05, 3.63) is 70.3 Å². The van der Waals surface area contributed by atoms with Gasteiger partial charge in [0.15, 0.2) is 0 Å². The largest absolute Gasteiger partial charge is 0.507 e. The van der Waals surface area contributed by atoms with Crippen molar-refractivity contribution in [2.24, 2.45) is 0 Å².